The average molecular weight is 357 g/mol. The van der Waals surface area contributed by atoms with E-state index >= 15 is 0 Å². The number of furan rings is 1. The van der Waals surface area contributed by atoms with E-state index in [0.29, 0.717) is 11.0 Å². The smallest absolute Gasteiger partial charge is 0.230 e. The van der Waals surface area contributed by atoms with Crippen molar-refractivity contribution in [3.63, 3.8) is 0 Å². The minimum absolute atomic E-state index is 0.103. The Hall–Kier alpha value is -2.21. The summed E-state index contributed by atoms with van der Waals surface area (Å²) in [6.45, 7) is 8.53. The Labute approximate surface area is 151 Å². The summed E-state index contributed by atoms with van der Waals surface area (Å²) in [7, 11) is 0. The van der Waals surface area contributed by atoms with Crippen LogP contribution in [0.4, 0.5) is 5.13 Å². The summed E-state index contributed by atoms with van der Waals surface area (Å²) in [5, 5.41) is 13.5. The van der Waals surface area contributed by atoms with Crippen LogP contribution in [0.1, 0.15) is 54.8 Å². The molecule has 3 aromatic rings. The van der Waals surface area contributed by atoms with Crippen LogP contribution in [0.5, 0.6) is 0 Å². The normalized spacial score (nSPS) is 11.4. The minimum atomic E-state index is -0.103. The van der Waals surface area contributed by atoms with Crippen molar-refractivity contribution in [3.05, 3.63) is 40.1 Å². The van der Waals surface area contributed by atoms with Gasteiger partial charge in [-0.3, -0.25) is 4.79 Å². The van der Waals surface area contributed by atoms with E-state index in [4.69, 9.17) is 4.42 Å². The first-order valence-corrected chi connectivity index (χ1v) is 9.42. The van der Waals surface area contributed by atoms with Crippen molar-refractivity contribution in [1.29, 1.82) is 0 Å². The van der Waals surface area contributed by atoms with Gasteiger partial charge in [-0.05, 0) is 42.5 Å². The largest absolute Gasteiger partial charge is 0.464 e. The molecule has 0 spiro atoms. The van der Waals surface area contributed by atoms with E-state index in [1.54, 1.807) is 6.26 Å². The van der Waals surface area contributed by atoms with E-state index in [9.17, 15) is 4.79 Å². The minimum Gasteiger partial charge on any atom is -0.464 e. The van der Waals surface area contributed by atoms with Crippen LogP contribution in [-0.4, -0.2) is 16.1 Å². The Balaban J connectivity index is 1.77. The Bertz CT molecular complexity index is 895. The number of nitrogens with zero attached hydrogens (tertiary/aromatic N) is 2. The van der Waals surface area contributed by atoms with Crippen molar-refractivity contribution in [2.24, 2.45) is 0 Å². The van der Waals surface area contributed by atoms with Gasteiger partial charge in [0.05, 0.1) is 12.7 Å². The highest BCUT2D eigenvalue weighted by molar-refractivity contribution is 7.15. The molecule has 6 heteroatoms. The van der Waals surface area contributed by atoms with Gasteiger partial charge in [0, 0.05) is 17.4 Å². The summed E-state index contributed by atoms with van der Waals surface area (Å²) < 4.78 is 5.65. The monoisotopic (exact) mass is 357 g/mol. The molecule has 0 atom stereocenters. The second-order valence-corrected chi connectivity index (χ2v) is 7.66. The molecule has 0 aliphatic carbocycles. The number of hydrogen-bond donors (Lipinski definition) is 1. The highest BCUT2D eigenvalue weighted by Crippen LogP contribution is 2.29. The molecule has 0 unspecified atom stereocenters. The summed E-state index contributed by atoms with van der Waals surface area (Å²) in [5.41, 5.74) is 4.22. The van der Waals surface area contributed by atoms with Gasteiger partial charge >= 0.3 is 0 Å². The molecule has 1 amide bonds. The number of aryl methyl sites for hydroxylation is 2. The summed E-state index contributed by atoms with van der Waals surface area (Å²) in [6.07, 6.45) is 3.84. The van der Waals surface area contributed by atoms with Crippen LogP contribution in [0.3, 0.4) is 0 Å². The zero-order valence-electron chi connectivity index (χ0n) is 15.0. The maximum Gasteiger partial charge on any atom is 0.230 e. The molecule has 0 bridgehead atoms. The molecule has 0 saturated heterocycles. The summed E-state index contributed by atoms with van der Waals surface area (Å²) in [5.74, 6) is 0.327. The summed E-state index contributed by atoms with van der Waals surface area (Å²) in [6, 6.07) is 4.19. The second kappa shape index (κ2) is 7.35. The fourth-order valence-electron chi connectivity index (χ4n) is 2.96. The first kappa shape index (κ1) is 17.6. The van der Waals surface area contributed by atoms with Crippen molar-refractivity contribution < 1.29 is 9.21 Å². The number of rotatable bonds is 6. The molecule has 3 rings (SSSR count). The third kappa shape index (κ3) is 3.90. The van der Waals surface area contributed by atoms with Crippen molar-refractivity contribution in [2.45, 2.75) is 52.9 Å². The number of carbonyl (C=O) groups excluding carboxylic acids is 1. The molecule has 0 radical (unpaired) electrons. The number of benzene rings is 1. The molecule has 2 heterocycles. The lowest BCUT2D eigenvalue weighted by Gasteiger charge is -2.09. The number of anilines is 1. The van der Waals surface area contributed by atoms with Crippen LogP contribution < -0.4 is 5.32 Å². The maximum atomic E-state index is 12.4. The molecule has 25 heavy (non-hydrogen) atoms. The molecule has 132 valence electrons. The number of fused-ring (bicyclic) bond motifs is 1. The molecule has 1 aromatic carbocycles. The zero-order valence-corrected chi connectivity index (χ0v) is 15.9. The van der Waals surface area contributed by atoms with Crippen molar-refractivity contribution >= 4 is 33.3 Å². The number of aromatic nitrogens is 2. The first-order valence-electron chi connectivity index (χ1n) is 8.60. The van der Waals surface area contributed by atoms with Crippen LogP contribution in [0.15, 0.2) is 22.8 Å². The van der Waals surface area contributed by atoms with E-state index in [1.165, 1.54) is 22.5 Å². The SMILES string of the molecule is CCCc1nnc(NC(=O)Cc2coc3cc(C)c(C(C)C)cc23)s1. The van der Waals surface area contributed by atoms with Gasteiger partial charge in [-0.1, -0.05) is 32.1 Å². The van der Waals surface area contributed by atoms with E-state index in [0.717, 1.165) is 34.4 Å². The maximum absolute atomic E-state index is 12.4. The van der Waals surface area contributed by atoms with Gasteiger partial charge in [0.1, 0.15) is 10.6 Å². The Kier molecular flexibility index (Phi) is 5.18. The predicted octanol–water partition coefficient (Wildman–Crippen LogP) is 4.85. The highest BCUT2D eigenvalue weighted by atomic mass is 32.1. The molecule has 2 aromatic heterocycles. The Morgan fingerprint density at radius 3 is 2.84 bits per heavy atom. The van der Waals surface area contributed by atoms with Crippen LogP contribution in [0.25, 0.3) is 11.0 Å². The van der Waals surface area contributed by atoms with Crippen LogP contribution >= 0.6 is 11.3 Å². The van der Waals surface area contributed by atoms with Gasteiger partial charge < -0.3 is 9.73 Å². The van der Waals surface area contributed by atoms with Crippen molar-refractivity contribution in [1.82, 2.24) is 10.2 Å². The summed E-state index contributed by atoms with van der Waals surface area (Å²) >= 11 is 1.43. The topological polar surface area (TPSA) is 68.0 Å². The molecule has 0 saturated carbocycles. The molecule has 0 aliphatic rings. The molecule has 0 fully saturated rings. The van der Waals surface area contributed by atoms with Crippen LogP contribution in [-0.2, 0) is 17.6 Å². The number of hydrogen-bond acceptors (Lipinski definition) is 5. The van der Waals surface area contributed by atoms with Gasteiger partial charge in [0.15, 0.2) is 0 Å². The van der Waals surface area contributed by atoms with Crippen molar-refractivity contribution in [2.75, 3.05) is 5.32 Å². The quantitative estimate of drug-likeness (QED) is 0.685. The van der Waals surface area contributed by atoms with Gasteiger partial charge in [0.25, 0.3) is 0 Å². The Morgan fingerprint density at radius 2 is 2.12 bits per heavy atom. The van der Waals surface area contributed by atoms with Crippen LogP contribution in [0.2, 0.25) is 0 Å². The zero-order chi connectivity index (χ0) is 18.0. The van der Waals surface area contributed by atoms with Gasteiger partial charge in [-0.2, -0.15) is 0 Å². The molecular weight excluding hydrogens is 334 g/mol. The van der Waals surface area contributed by atoms with Gasteiger partial charge in [-0.25, -0.2) is 0 Å². The van der Waals surface area contributed by atoms with Crippen molar-refractivity contribution in [3.8, 4) is 0 Å². The molecular formula is C19H23N3O2S. The van der Waals surface area contributed by atoms with E-state index < -0.39 is 0 Å². The van der Waals surface area contributed by atoms with Gasteiger partial charge in [-0.15, -0.1) is 10.2 Å². The lowest BCUT2D eigenvalue weighted by atomic mass is 9.95. The van der Waals surface area contributed by atoms with E-state index in [-0.39, 0.29) is 12.3 Å². The first-order chi connectivity index (χ1) is 12.0. The fraction of sp³-hybridized carbons (Fsp3) is 0.421. The molecule has 1 N–H and O–H groups in total. The second-order valence-electron chi connectivity index (χ2n) is 6.60. The Morgan fingerprint density at radius 1 is 1.32 bits per heavy atom. The summed E-state index contributed by atoms with van der Waals surface area (Å²) in [4.78, 5) is 12.4. The van der Waals surface area contributed by atoms with Crippen LogP contribution in [0, 0.1) is 6.92 Å². The lowest BCUT2D eigenvalue weighted by molar-refractivity contribution is -0.115. The molecule has 0 aliphatic heterocycles. The molecule has 5 nitrogen and oxygen atoms in total. The third-order valence-electron chi connectivity index (χ3n) is 4.19. The predicted molar refractivity (Wildman–Crippen MR) is 101 cm³/mol. The standard InChI is InChI=1S/C19H23N3O2S/c1-5-6-18-21-22-19(25-18)20-17(23)8-13-10-24-16-7-12(4)14(11(2)3)9-15(13)16/h7,9-11H,5-6,8H2,1-4H3,(H,20,22,23). The van der Waals surface area contributed by atoms with E-state index in [2.05, 4.69) is 49.3 Å². The lowest BCUT2D eigenvalue weighted by Crippen LogP contribution is -2.14. The average Bonchev–Trinajstić information content (AvgIpc) is 3.14. The third-order valence-corrected chi connectivity index (χ3v) is 5.09. The number of nitrogens with one attached hydrogen (secondary N) is 1. The van der Waals surface area contributed by atoms with E-state index in [1.807, 2.05) is 6.07 Å². The fourth-order valence-corrected chi connectivity index (χ4v) is 3.82. The number of amides is 1. The number of carbonyl (C=O) groups is 1. The highest BCUT2D eigenvalue weighted by Gasteiger charge is 2.15. The van der Waals surface area contributed by atoms with Gasteiger partial charge in [0.2, 0.25) is 11.0 Å².